The third kappa shape index (κ3) is 26.5. The number of esters is 4. The molecule has 12 unspecified atom stereocenters. The number of amides is 4. The van der Waals surface area contributed by atoms with Gasteiger partial charge in [-0.15, -0.1) is 0 Å². The lowest BCUT2D eigenvalue weighted by atomic mass is 9.96. The standard InChI is InChI=1S/C24H28N2O3.C23H28N2O.C22H26N2O2.C22H24N2O2.C9H14O4.C7H10O4/c1-2-29-24(28)21-17-20(21)23(27)26-15-13-25(14-16-26)22(18-9-5-3-6-10-18)19-11-7-4-8-12-19;1-2-18-17-21(18)23(26)25-15-13-24(14-16-25)22(19-9-5-3-6-10-19)20-11-7-4-8-12-20;2*25-16-19-15-20(19)22(26)24-13-11-23(12-14-24)21(17-7-3-1-4-8-17)18-9-5-2-6-10-18;1-3-12-8(10)6-5-7(6)9(11)13-4-2;1-2-11-7(10)5-3-4(5)6(8)9/h3-12,20-22H,2,13-17H2,1H3;3-12,18,21-22H,2,13-17H2,1H3;1-10,19-21,25H,11-16H2;1-10,16,19-21H,11-15H2;6-7H,3-5H2,1-2H3;4-5H,2-3H2,1H3,(H,8,9). The van der Waals surface area contributed by atoms with E-state index >= 15 is 0 Å². The minimum absolute atomic E-state index is 0.0399. The molecule has 2 N–H and O–H groups in total. The van der Waals surface area contributed by atoms with Crippen LogP contribution in [-0.2, 0) is 66.9 Å². The van der Waals surface area contributed by atoms with E-state index in [0.29, 0.717) is 76.5 Å². The number of aldehydes is 1. The number of rotatable bonds is 28. The first-order chi connectivity index (χ1) is 63.9. The van der Waals surface area contributed by atoms with Crippen molar-refractivity contribution in [2.24, 2.45) is 71.0 Å². The maximum Gasteiger partial charge on any atom is 0.309 e. The molecule has 6 aliphatic carbocycles. The van der Waals surface area contributed by atoms with Crippen molar-refractivity contribution in [3.8, 4) is 0 Å². The summed E-state index contributed by atoms with van der Waals surface area (Å²) in [6, 6.07) is 85.7. The Hall–Kier alpha value is -11.5. The molecule has 8 aromatic carbocycles. The van der Waals surface area contributed by atoms with Crippen LogP contribution in [0.25, 0.3) is 0 Å². The van der Waals surface area contributed by atoms with Gasteiger partial charge in [-0.1, -0.05) is 256 Å². The van der Waals surface area contributed by atoms with Crippen LogP contribution in [0.5, 0.6) is 0 Å². The van der Waals surface area contributed by atoms with E-state index in [-0.39, 0.29) is 126 Å². The smallest absolute Gasteiger partial charge is 0.309 e. The highest BCUT2D eigenvalue weighted by atomic mass is 16.5. The highest BCUT2D eigenvalue weighted by Crippen LogP contribution is 2.46. The third-order valence-corrected chi connectivity index (χ3v) is 26.8. The molecule has 0 radical (unpaired) electrons. The van der Waals surface area contributed by atoms with E-state index in [0.717, 1.165) is 124 Å². The number of aliphatic hydroxyl groups is 1. The molecule has 0 bridgehead atoms. The van der Waals surface area contributed by atoms with Gasteiger partial charge in [-0.3, -0.25) is 62.8 Å². The maximum atomic E-state index is 12.8. The van der Waals surface area contributed by atoms with E-state index in [2.05, 4.69) is 255 Å². The van der Waals surface area contributed by atoms with Crippen molar-refractivity contribution in [3.63, 3.8) is 0 Å². The minimum atomic E-state index is -0.900. The number of piperazine rings is 4. The summed E-state index contributed by atoms with van der Waals surface area (Å²) in [6.45, 7) is 23.8. The van der Waals surface area contributed by atoms with Crippen molar-refractivity contribution >= 4 is 59.8 Å². The number of carboxylic acids is 1. The van der Waals surface area contributed by atoms with Crippen LogP contribution in [0.4, 0.5) is 0 Å². The van der Waals surface area contributed by atoms with E-state index in [1.165, 1.54) is 44.5 Å². The van der Waals surface area contributed by atoms with Crippen LogP contribution in [0, 0.1) is 71.0 Å². The first kappa shape index (κ1) is 97.0. The van der Waals surface area contributed by atoms with Gasteiger partial charge < -0.3 is 53.6 Å². The number of carbonyl (C=O) groups excluding carboxylic acids is 9. The van der Waals surface area contributed by atoms with Gasteiger partial charge in [-0.2, -0.15) is 0 Å². The minimum Gasteiger partial charge on any atom is -0.481 e. The lowest BCUT2D eigenvalue weighted by Gasteiger charge is -2.40. The Labute approximate surface area is 771 Å². The van der Waals surface area contributed by atoms with E-state index in [1.807, 2.05) is 39.0 Å². The number of hydrogen-bond acceptors (Lipinski definition) is 19. The van der Waals surface area contributed by atoms with Crippen LogP contribution >= 0.6 is 0 Å². The Morgan fingerprint density at radius 2 is 0.496 bits per heavy atom. The summed E-state index contributed by atoms with van der Waals surface area (Å²) < 4.78 is 19.3. The number of benzene rings is 8. The summed E-state index contributed by atoms with van der Waals surface area (Å²) >= 11 is 0. The summed E-state index contributed by atoms with van der Waals surface area (Å²) in [5.74, 6) is -1.83. The number of aliphatic carboxylic acids is 1. The average Bonchev–Trinajstić information content (AvgIpc) is 1.65. The van der Waals surface area contributed by atoms with E-state index in [4.69, 9.17) is 19.3 Å². The van der Waals surface area contributed by atoms with Gasteiger partial charge in [0.1, 0.15) is 6.29 Å². The zero-order valence-corrected chi connectivity index (χ0v) is 76.4. The van der Waals surface area contributed by atoms with E-state index < -0.39 is 11.9 Å². The molecule has 10 fully saturated rings. The normalized spacial score (nSPS) is 23.4. The van der Waals surface area contributed by atoms with Crippen LogP contribution in [-0.4, -0.2) is 247 Å². The van der Waals surface area contributed by atoms with Crippen molar-refractivity contribution in [2.45, 2.75) is 104 Å². The first-order valence-electron chi connectivity index (χ1n) is 47.3. The average molecular weight is 1780 g/mol. The number of nitrogens with zero attached hydrogens (tertiary/aromatic N) is 8. The zero-order chi connectivity index (χ0) is 92.3. The van der Waals surface area contributed by atoms with Gasteiger partial charge >= 0.3 is 29.8 Å². The van der Waals surface area contributed by atoms with Gasteiger partial charge in [0, 0.05) is 135 Å². The number of hydrogen-bond donors (Lipinski definition) is 2. The fraction of sp³-hybridized carbons (Fsp3) is 0.458. The summed E-state index contributed by atoms with van der Waals surface area (Å²) in [5, 5.41) is 17.6. The summed E-state index contributed by atoms with van der Waals surface area (Å²) in [4.78, 5) is 134. The highest BCUT2D eigenvalue weighted by Gasteiger charge is 2.53. The van der Waals surface area contributed by atoms with E-state index in [1.54, 1.807) is 27.7 Å². The first-order valence-corrected chi connectivity index (χ1v) is 47.3. The second-order valence-electron chi connectivity index (χ2n) is 35.5. The predicted octanol–water partition coefficient (Wildman–Crippen LogP) is 13.4. The molecule has 4 amide bonds. The summed E-state index contributed by atoms with van der Waals surface area (Å²) in [7, 11) is 0. The third-order valence-electron chi connectivity index (χ3n) is 26.8. The Morgan fingerprint density at radius 3 is 0.702 bits per heavy atom. The molecule has 18 rings (SSSR count). The molecule has 24 heteroatoms. The quantitative estimate of drug-likeness (QED) is 0.0262. The monoisotopic (exact) mass is 1780 g/mol. The molecule has 4 heterocycles. The molecule has 6 saturated carbocycles. The molecule has 8 aromatic rings. The predicted molar refractivity (Wildman–Crippen MR) is 499 cm³/mol. The number of ether oxygens (including phenoxy) is 4. The maximum absolute atomic E-state index is 12.8. The number of carboxylic acid groups (broad SMARTS) is 1. The van der Waals surface area contributed by atoms with Crippen molar-refractivity contribution in [3.05, 3.63) is 287 Å². The molecule has 4 aliphatic heterocycles. The van der Waals surface area contributed by atoms with Crippen LogP contribution in [0.15, 0.2) is 243 Å². The largest absolute Gasteiger partial charge is 0.481 e. The van der Waals surface area contributed by atoms with Crippen molar-refractivity contribution in [1.82, 2.24) is 39.2 Å². The molecular weight excluding hydrogens is 1650 g/mol. The molecule has 12 atom stereocenters. The number of carbonyl (C=O) groups is 10. The van der Waals surface area contributed by atoms with Gasteiger partial charge in [0.25, 0.3) is 0 Å². The van der Waals surface area contributed by atoms with Crippen LogP contribution < -0.4 is 0 Å². The Morgan fingerprint density at radius 1 is 0.282 bits per heavy atom. The second kappa shape index (κ2) is 48.0. The van der Waals surface area contributed by atoms with Gasteiger partial charge in [-0.05, 0) is 123 Å². The zero-order valence-electron chi connectivity index (χ0n) is 76.4. The highest BCUT2D eigenvalue weighted by molar-refractivity contribution is 5.91. The van der Waals surface area contributed by atoms with Gasteiger partial charge in [0.2, 0.25) is 23.6 Å². The van der Waals surface area contributed by atoms with Gasteiger partial charge in [0.05, 0.1) is 86.1 Å². The number of aliphatic hydroxyl groups excluding tert-OH is 1. The SMILES string of the molecule is CCC1CC1C(=O)N1CCN(C(c2ccccc2)c2ccccc2)CC1.CCOC(=O)C1CC1C(=O)N1CCN(C(c2ccccc2)c2ccccc2)CC1.CCOC(=O)C1CC1C(=O)O.CCOC(=O)C1CC1C(=O)OCC.O=C(C1CC1CO)N1CCN(C(c2ccccc2)c2ccccc2)CC1.O=CC1CC1C(=O)N1CCN(C(c2ccccc2)c2ccccc2)CC1. The molecular formula is C107H130N8O16. The molecule has 10 aliphatic rings. The Balaban J connectivity index is 0.000000137. The fourth-order valence-electron chi connectivity index (χ4n) is 18.9. The molecule has 0 spiro atoms. The fourth-order valence-corrected chi connectivity index (χ4v) is 18.9. The molecule has 4 saturated heterocycles. The molecule has 131 heavy (non-hydrogen) atoms. The van der Waals surface area contributed by atoms with Crippen LogP contribution in [0.2, 0.25) is 0 Å². The summed E-state index contributed by atoms with van der Waals surface area (Å²) in [6.07, 6.45) is 6.41. The molecule has 694 valence electrons. The van der Waals surface area contributed by atoms with Gasteiger partial charge in [-0.25, -0.2) is 0 Å². The lowest BCUT2D eigenvalue weighted by molar-refractivity contribution is -0.150. The van der Waals surface area contributed by atoms with E-state index in [9.17, 15) is 53.1 Å². The van der Waals surface area contributed by atoms with Crippen molar-refractivity contribution < 1.29 is 77.1 Å². The van der Waals surface area contributed by atoms with Gasteiger partial charge in [0.15, 0.2) is 0 Å². The Kier molecular flexibility index (Phi) is 35.6. The topological polar surface area (TPSA) is 274 Å². The second-order valence-corrected chi connectivity index (χ2v) is 35.5. The molecule has 0 aromatic heterocycles. The summed E-state index contributed by atoms with van der Waals surface area (Å²) in [5.41, 5.74) is 10.3. The Bertz CT molecular complexity index is 4650. The molecule has 24 nitrogen and oxygen atoms in total. The van der Waals surface area contributed by atoms with Crippen molar-refractivity contribution in [1.29, 1.82) is 0 Å². The van der Waals surface area contributed by atoms with Crippen molar-refractivity contribution in [2.75, 3.05) is 138 Å². The van der Waals surface area contributed by atoms with Crippen LogP contribution in [0.1, 0.15) is 148 Å². The lowest BCUT2D eigenvalue weighted by Crippen LogP contribution is -2.50. The van der Waals surface area contributed by atoms with Crippen LogP contribution in [0.3, 0.4) is 0 Å².